The van der Waals surface area contributed by atoms with Crippen LogP contribution in [0, 0.1) is 0 Å². The monoisotopic (exact) mass is 295 g/mol. The van der Waals surface area contributed by atoms with E-state index >= 15 is 0 Å². The van der Waals surface area contributed by atoms with Gasteiger partial charge in [-0.15, -0.1) is 0 Å². The lowest BCUT2D eigenvalue weighted by molar-refractivity contribution is 1.35. The summed E-state index contributed by atoms with van der Waals surface area (Å²) in [7, 11) is 0. The molecule has 0 aliphatic heterocycles. The number of benzene rings is 3. The number of para-hydroxylation sites is 4. The molecule has 0 radical (unpaired) electrons. The van der Waals surface area contributed by atoms with E-state index in [2.05, 4.69) is 23.2 Å². The van der Waals surface area contributed by atoms with Crippen LogP contribution in [-0.4, -0.2) is 15.0 Å². The maximum absolute atomic E-state index is 4.80. The van der Waals surface area contributed by atoms with Crippen molar-refractivity contribution in [2.45, 2.75) is 0 Å². The smallest absolute Gasteiger partial charge is 0.139 e. The van der Waals surface area contributed by atoms with Gasteiger partial charge in [0, 0.05) is 16.3 Å². The summed E-state index contributed by atoms with van der Waals surface area (Å²) in [5.74, 6) is 0.890. The number of nitrogens with zero attached hydrogens (tertiary/aromatic N) is 2. The van der Waals surface area contributed by atoms with Crippen LogP contribution in [0.4, 0.5) is 0 Å². The van der Waals surface area contributed by atoms with Crippen molar-refractivity contribution >= 4 is 32.8 Å². The highest BCUT2D eigenvalue weighted by atomic mass is 14.9. The van der Waals surface area contributed by atoms with E-state index in [0.717, 1.165) is 44.2 Å². The molecule has 0 atom stereocenters. The summed E-state index contributed by atoms with van der Waals surface area (Å²) >= 11 is 0. The first-order valence-corrected chi connectivity index (χ1v) is 7.63. The van der Waals surface area contributed by atoms with Gasteiger partial charge in [-0.05, 0) is 24.3 Å². The van der Waals surface area contributed by atoms with Crippen LogP contribution >= 0.6 is 0 Å². The van der Waals surface area contributed by atoms with E-state index in [-0.39, 0.29) is 0 Å². The molecule has 1 N–H and O–H groups in total. The molecular weight excluding hydrogens is 282 g/mol. The van der Waals surface area contributed by atoms with Gasteiger partial charge in [-0.25, -0.2) is 9.97 Å². The minimum Gasteiger partial charge on any atom is -0.338 e. The van der Waals surface area contributed by atoms with Crippen LogP contribution in [0.5, 0.6) is 0 Å². The van der Waals surface area contributed by atoms with Crippen LogP contribution in [0.25, 0.3) is 44.2 Å². The standard InChI is InChI=1S/C20H13N3/c1-3-9-15-13(7-1)19(14-8-2-4-10-16(14)21-15)20-22-17-11-5-6-12-18(17)23-20/h1-12H,(H,22,23). The second kappa shape index (κ2) is 4.65. The molecule has 5 rings (SSSR count). The zero-order valence-corrected chi connectivity index (χ0v) is 12.3. The molecule has 0 aliphatic carbocycles. The summed E-state index contributed by atoms with van der Waals surface area (Å²) in [6.45, 7) is 0. The Morgan fingerprint density at radius 3 is 1.78 bits per heavy atom. The first-order valence-electron chi connectivity index (χ1n) is 7.63. The van der Waals surface area contributed by atoms with E-state index in [1.165, 1.54) is 0 Å². The molecule has 0 saturated heterocycles. The van der Waals surface area contributed by atoms with Gasteiger partial charge in [-0.3, -0.25) is 0 Å². The van der Waals surface area contributed by atoms with Gasteiger partial charge in [0.15, 0.2) is 0 Å². The predicted molar refractivity (Wildman–Crippen MR) is 94.3 cm³/mol. The summed E-state index contributed by atoms with van der Waals surface area (Å²) in [4.78, 5) is 13.0. The van der Waals surface area contributed by atoms with Gasteiger partial charge in [-0.1, -0.05) is 48.5 Å². The molecule has 3 nitrogen and oxygen atoms in total. The molecular formula is C20H13N3. The highest BCUT2D eigenvalue weighted by molar-refractivity contribution is 6.08. The van der Waals surface area contributed by atoms with Crippen LogP contribution in [0.15, 0.2) is 72.8 Å². The van der Waals surface area contributed by atoms with Gasteiger partial charge in [0.1, 0.15) is 5.82 Å². The minimum absolute atomic E-state index is 0.890. The summed E-state index contributed by atoms with van der Waals surface area (Å²) in [6, 6.07) is 24.6. The number of hydrogen-bond acceptors (Lipinski definition) is 2. The molecule has 0 saturated carbocycles. The lowest BCUT2D eigenvalue weighted by Crippen LogP contribution is -1.90. The van der Waals surface area contributed by atoms with Crippen molar-refractivity contribution in [1.82, 2.24) is 15.0 Å². The number of rotatable bonds is 1. The second-order valence-electron chi connectivity index (χ2n) is 5.62. The van der Waals surface area contributed by atoms with Gasteiger partial charge in [0.25, 0.3) is 0 Å². The average Bonchev–Trinajstić information content (AvgIpc) is 3.03. The Labute approximate surface area is 132 Å². The normalized spacial score (nSPS) is 11.5. The van der Waals surface area contributed by atoms with E-state index in [0.29, 0.717) is 0 Å². The average molecular weight is 295 g/mol. The lowest BCUT2D eigenvalue weighted by Gasteiger charge is -2.08. The van der Waals surface area contributed by atoms with Crippen molar-refractivity contribution in [3.05, 3.63) is 72.8 Å². The molecule has 5 aromatic rings. The zero-order chi connectivity index (χ0) is 15.2. The third-order valence-corrected chi connectivity index (χ3v) is 4.21. The maximum Gasteiger partial charge on any atom is 0.139 e. The van der Waals surface area contributed by atoms with Crippen molar-refractivity contribution < 1.29 is 0 Å². The number of H-pyrrole nitrogens is 1. The molecule has 108 valence electrons. The van der Waals surface area contributed by atoms with E-state index in [1.54, 1.807) is 0 Å². The topological polar surface area (TPSA) is 41.6 Å². The quantitative estimate of drug-likeness (QED) is 0.445. The highest BCUT2D eigenvalue weighted by Crippen LogP contribution is 2.33. The fourth-order valence-corrected chi connectivity index (χ4v) is 3.17. The Morgan fingerprint density at radius 1 is 0.565 bits per heavy atom. The first kappa shape index (κ1) is 12.4. The van der Waals surface area contributed by atoms with Crippen LogP contribution in [0.3, 0.4) is 0 Å². The lowest BCUT2D eigenvalue weighted by atomic mass is 10.0. The number of hydrogen-bond donors (Lipinski definition) is 1. The van der Waals surface area contributed by atoms with Crippen molar-refractivity contribution in [3.63, 3.8) is 0 Å². The molecule has 3 aromatic carbocycles. The Hall–Kier alpha value is -3.20. The Bertz CT molecular complexity index is 1080. The van der Waals surface area contributed by atoms with Gasteiger partial charge in [0.2, 0.25) is 0 Å². The Balaban J connectivity index is 1.97. The number of fused-ring (bicyclic) bond motifs is 3. The highest BCUT2D eigenvalue weighted by Gasteiger charge is 2.13. The van der Waals surface area contributed by atoms with Crippen LogP contribution in [0.1, 0.15) is 0 Å². The van der Waals surface area contributed by atoms with Crippen molar-refractivity contribution in [2.24, 2.45) is 0 Å². The molecule has 0 amide bonds. The van der Waals surface area contributed by atoms with E-state index in [4.69, 9.17) is 9.97 Å². The SMILES string of the molecule is c1ccc2[nH]c(-c3c4ccccc4nc4ccccc34)nc2c1. The zero-order valence-electron chi connectivity index (χ0n) is 12.3. The van der Waals surface area contributed by atoms with Gasteiger partial charge in [0.05, 0.1) is 22.1 Å². The third-order valence-electron chi connectivity index (χ3n) is 4.21. The number of imidazole rings is 1. The number of aromatic amines is 1. The van der Waals surface area contributed by atoms with E-state index in [1.807, 2.05) is 54.6 Å². The van der Waals surface area contributed by atoms with Gasteiger partial charge >= 0.3 is 0 Å². The van der Waals surface area contributed by atoms with Crippen molar-refractivity contribution in [3.8, 4) is 11.4 Å². The van der Waals surface area contributed by atoms with Crippen LogP contribution in [-0.2, 0) is 0 Å². The Morgan fingerprint density at radius 2 is 1.13 bits per heavy atom. The molecule has 23 heavy (non-hydrogen) atoms. The molecule has 0 aliphatic rings. The second-order valence-corrected chi connectivity index (χ2v) is 5.62. The summed E-state index contributed by atoms with van der Waals surface area (Å²) in [5.41, 5.74) is 5.12. The van der Waals surface area contributed by atoms with Crippen molar-refractivity contribution in [2.75, 3.05) is 0 Å². The summed E-state index contributed by atoms with van der Waals surface area (Å²) < 4.78 is 0. The molecule has 3 heteroatoms. The van der Waals surface area contributed by atoms with Crippen LogP contribution in [0.2, 0.25) is 0 Å². The summed E-state index contributed by atoms with van der Waals surface area (Å²) in [6.07, 6.45) is 0. The van der Waals surface area contributed by atoms with Crippen molar-refractivity contribution in [1.29, 1.82) is 0 Å². The van der Waals surface area contributed by atoms with Crippen LogP contribution < -0.4 is 0 Å². The minimum atomic E-state index is 0.890. The Kier molecular flexibility index (Phi) is 2.50. The largest absolute Gasteiger partial charge is 0.338 e. The molecule has 0 spiro atoms. The number of aromatic nitrogens is 3. The molecule has 2 heterocycles. The van der Waals surface area contributed by atoms with E-state index < -0.39 is 0 Å². The fourth-order valence-electron chi connectivity index (χ4n) is 3.17. The molecule has 0 bridgehead atoms. The van der Waals surface area contributed by atoms with Gasteiger partial charge in [-0.2, -0.15) is 0 Å². The molecule has 0 fully saturated rings. The summed E-state index contributed by atoms with van der Waals surface area (Å²) in [5, 5.41) is 2.23. The molecule has 0 unspecified atom stereocenters. The third kappa shape index (κ3) is 1.83. The van der Waals surface area contributed by atoms with Gasteiger partial charge < -0.3 is 4.98 Å². The molecule has 2 aromatic heterocycles. The fraction of sp³-hybridized carbons (Fsp3) is 0. The number of pyridine rings is 1. The van der Waals surface area contributed by atoms with E-state index in [9.17, 15) is 0 Å². The maximum atomic E-state index is 4.80. The predicted octanol–water partition coefficient (Wildman–Crippen LogP) is 4.93. The first-order chi connectivity index (χ1) is 11.4. The number of nitrogens with one attached hydrogen (secondary N) is 1.